The molecular weight excluding hydrogens is 198 g/mol. The second kappa shape index (κ2) is 4.06. The molecule has 82 valence electrons. The van der Waals surface area contributed by atoms with Gasteiger partial charge in [-0.25, -0.2) is 0 Å². The van der Waals surface area contributed by atoms with Crippen molar-refractivity contribution in [2.75, 3.05) is 0 Å². The van der Waals surface area contributed by atoms with Crippen LogP contribution < -0.4 is 0 Å². The van der Waals surface area contributed by atoms with E-state index >= 15 is 0 Å². The fourth-order valence-electron chi connectivity index (χ4n) is 1.69. The van der Waals surface area contributed by atoms with E-state index in [2.05, 4.69) is 4.98 Å². The van der Waals surface area contributed by atoms with Crippen molar-refractivity contribution in [1.29, 1.82) is 0 Å². The topological polar surface area (TPSA) is 33.1 Å². The first-order valence-electron chi connectivity index (χ1n) is 5.32. The van der Waals surface area contributed by atoms with Gasteiger partial charge in [-0.3, -0.25) is 4.98 Å². The highest BCUT2D eigenvalue weighted by Crippen LogP contribution is 2.28. The third-order valence-corrected chi connectivity index (χ3v) is 2.81. The molecule has 0 aliphatic carbocycles. The average molecular weight is 213 g/mol. The smallest absolute Gasteiger partial charge is 0.113 e. The summed E-state index contributed by atoms with van der Waals surface area (Å²) in [7, 11) is 0. The fraction of sp³-hybridized carbons (Fsp3) is 0.214. The summed E-state index contributed by atoms with van der Waals surface area (Å²) in [4.78, 5) is 4.21. The number of benzene rings is 1. The maximum Gasteiger partial charge on any atom is 0.113 e. The lowest BCUT2D eigenvalue weighted by atomic mass is 9.89. The number of aromatic nitrogens is 1. The van der Waals surface area contributed by atoms with Crippen LogP contribution in [0, 0.1) is 6.92 Å². The Morgan fingerprint density at radius 3 is 2.25 bits per heavy atom. The van der Waals surface area contributed by atoms with Gasteiger partial charge < -0.3 is 5.11 Å². The van der Waals surface area contributed by atoms with Crippen molar-refractivity contribution in [2.45, 2.75) is 19.4 Å². The highest BCUT2D eigenvalue weighted by atomic mass is 16.3. The summed E-state index contributed by atoms with van der Waals surface area (Å²) < 4.78 is 0. The van der Waals surface area contributed by atoms with Crippen molar-refractivity contribution in [1.82, 2.24) is 4.98 Å². The van der Waals surface area contributed by atoms with Crippen LogP contribution in [0.1, 0.15) is 23.7 Å². The lowest BCUT2D eigenvalue weighted by molar-refractivity contribution is 0.102. The zero-order chi connectivity index (χ0) is 11.6. The molecule has 2 rings (SSSR count). The predicted octanol–water partition coefficient (Wildman–Crippen LogP) is 2.65. The molecule has 1 unspecified atom stereocenters. The van der Waals surface area contributed by atoms with Crippen LogP contribution in [-0.4, -0.2) is 10.1 Å². The van der Waals surface area contributed by atoms with E-state index in [1.54, 1.807) is 13.1 Å². The van der Waals surface area contributed by atoms with E-state index in [1.807, 2.05) is 49.4 Å². The maximum absolute atomic E-state index is 10.5. The van der Waals surface area contributed by atoms with E-state index in [1.165, 1.54) is 0 Å². The minimum atomic E-state index is -0.984. The van der Waals surface area contributed by atoms with Crippen molar-refractivity contribution in [3.63, 3.8) is 0 Å². The molecule has 1 atom stereocenters. The minimum absolute atomic E-state index is 0.810. The third-order valence-electron chi connectivity index (χ3n) is 2.81. The Morgan fingerprint density at radius 1 is 1.00 bits per heavy atom. The molecule has 0 bridgehead atoms. The van der Waals surface area contributed by atoms with Crippen LogP contribution in [0.5, 0.6) is 0 Å². The van der Waals surface area contributed by atoms with E-state index in [0.717, 1.165) is 16.8 Å². The Hall–Kier alpha value is -1.67. The molecule has 0 spiro atoms. The van der Waals surface area contributed by atoms with Gasteiger partial charge in [-0.2, -0.15) is 0 Å². The number of rotatable bonds is 2. The molecule has 1 N–H and O–H groups in total. The molecule has 1 heterocycles. The summed E-state index contributed by atoms with van der Waals surface area (Å²) in [6, 6.07) is 13.4. The molecule has 2 heteroatoms. The van der Waals surface area contributed by atoms with Gasteiger partial charge in [0.05, 0.1) is 0 Å². The van der Waals surface area contributed by atoms with Gasteiger partial charge in [0.25, 0.3) is 0 Å². The number of aryl methyl sites for hydroxylation is 1. The van der Waals surface area contributed by atoms with Gasteiger partial charge >= 0.3 is 0 Å². The van der Waals surface area contributed by atoms with Crippen molar-refractivity contribution >= 4 is 0 Å². The van der Waals surface area contributed by atoms with Gasteiger partial charge in [-0.1, -0.05) is 36.4 Å². The van der Waals surface area contributed by atoms with Crippen LogP contribution >= 0.6 is 0 Å². The van der Waals surface area contributed by atoms with Crippen molar-refractivity contribution in [3.05, 3.63) is 65.5 Å². The Kier molecular flexibility index (Phi) is 2.75. The van der Waals surface area contributed by atoms with E-state index in [9.17, 15) is 5.11 Å². The number of pyridine rings is 1. The molecule has 16 heavy (non-hydrogen) atoms. The molecule has 0 aliphatic rings. The minimum Gasteiger partial charge on any atom is -0.381 e. The number of hydrogen-bond donors (Lipinski definition) is 1. The van der Waals surface area contributed by atoms with Crippen LogP contribution in [-0.2, 0) is 5.60 Å². The van der Waals surface area contributed by atoms with Crippen molar-refractivity contribution in [3.8, 4) is 0 Å². The number of aliphatic hydroxyl groups is 1. The summed E-state index contributed by atoms with van der Waals surface area (Å²) in [6.45, 7) is 3.72. The van der Waals surface area contributed by atoms with Crippen LogP contribution in [0.15, 0.2) is 48.7 Å². The Balaban J connectivity index is 2.43. The van der Waals surface area contributed by atoms with Gasteiger partial charge in [0.2, 0.25) is 0 Å². The molecule has 2 aromatic rings. The van der Waals surface area contributed by atoms with Crippen molar-refractivity contribution in [2.24, 2.45) is 0 Å². The second-order valence-electron chi connectivity index (χ2n) is 4.13. The summed E-state index contributed by atoms with van der Waals surface area (Å²) in [5, 5.41) is 10.5. The Labute approximate surface area is 95.6 Å². The van der Waals surface area contributed by atoms with Gasteiger partial charge in [-0.05, 0) is 25.5 Å². The van der Waals surface area contributed by atoms with E-state index in [-0.39, 0.29) is 0 Å². The van der Waals surface area contributed by atoms with Gasteiger partial charge in [0, 0.05) is 17.5 Å². The average Bonchev–Trinajstić information content (AvgIpc) is 2.31. The highest BCUT2D eigenvalue weighted by Gasteiger charge is 2.25. The van der Waals surface area contributed by atoms with E-state index in [4.69, 9.17) is 0 Å². The summed E-state index contributed by atoms with van der Waals surface area (Å²) in [5.74, 6) is 0. The third kappa shape index (κ3) is 1.97. The molecular formula is C14H15NO. The normalized spacial score (nSPS) is 14.4. The molecule has 0 saturated carbocycles. The van der Waals surface area contributed by atoms with Crippen LogP contribution in [0.25, 0.3) is 0 Å². The number of nitrogens with zero attached hydrogens (tertiary/aromatic N) is 1. The first kappa shape index (κ1) is 10.8. The maximum atomic E-state index is 10.5. The fourth-order valence-corrected chi connectivity index (χ4v) is 1.69. The monoisotopic (exact) mass is 213 g/mol. The van der Waals surface area contributed by atoms with Gasteiger partial charge in [0.15, 0.2) is 0 Å². The molecule has 0 fully saturated rings. The molecule has 0 aliphatic heterocycles. The largest absolute Gasteiger partial charge is 0.381 e. The van der Waals surface area contributed by atoms with E-state index < -0.39 is 5.60 Å². The molecule has 1 aromatic carbocycles. The van der Waals surface area contributed by atoms with Gasteiger partial charge in [-0.15, -0.1) is 0 Å². The second-order valence-corrected chi connectivity index (χ2v) is 4.13. The predicted molar refractivity (Wildman–Crippen MR) is 64.1 cm³/mol. The SMILES string of the molecule is Cc1ccc(C(C)(O)c2ccccc2)cn1. The summed E-state index contributed by atoms with van der Waals surface area (Å²) in [5.41, 5.74) is 1.65. The molecule has 0 saturated heterocycles. The van der Waals surface area contributed by atoms with Crippen LogP contribution in [0.2, 0.25) is 0 Å². The molecule has 0 radical (unpaired) electrons. The summed E-state index contributed by atoms with van der Waals surface area (Å²) >= 11 is 0. The first-order chi connectivity index (χ1) is 7.60. The van der Waals surface area contributed by atoms with Gasteiger partial charge in [0.1, 0.15) is 5.60 Å². The van der Waals surface area contributed by atoms with Crippen LogP contribution in [0.3, 0.4) is 0 Å². The number of hydrogen-bond acceptors (Lipinski definition) is 2. The zero-order valence-corrected chi connectivity index (χ0v) is 9.51. The highest BCUT2D eigenvalue weighted by molar-refractivity contribution is 5.33. The standard InChI is InChI=1S/C14H15NO/c1-11-8-9-13(10-15-11)14(2,16)12-6-4-3-5-7-12/h3-10,16H,1-2H3. The molecule has 1 aromatic heterocycles. The van der Waals surface area contributed by atoms with E-state index in [0.29, 0.717) is 0 Å². The molecule has 2 nitrogen and oxygen atoms in total. The van der Waals surface area contributed by atoms with Crippen molar-refractivity contribution < 1.29 is 5.11 Å². The zero-order valence-electron chi connectivity index (χ0n) is 9.51. The Bertz CT molecular complexity index is 460. The summed E-state index contributed by atoms with van der Waals surface area (Å²) in [6.07, 6.45) is 1.72. The quantitative estimate of drug-likeness (QED) is 0.832. The van der Waals surface area contributed by atoms with Crippen LogP contribution in [0.4, 0.5) is 0 Å². The first-order valence-corrected chi connectivity index (χ1v) is 5.32. The Morgan fingerprint density at radius 2 is 1.69 bits per heavy atom. The lowest BCUT2D eigenvalue weighted by Crippen LogP contribution is -2.22. The molecule has 0 amide bonds. The lowest BCUT2D eigenvalue weighted by Gasteiger charge is -2.24.